The third kappa shape index (κ3) is 4.17. The average molecular weight is 343 g/mol. The van der Waals surface area contributed by atoms with Crippen LogP contribution in [0.5, 0.6) is 17.4 Å². The normalized spacial score (nSPS) is 13.2. The van der Waals surface area contributed by atoms with E-state index in [9.17, 15) is 4.79 Å². The Hall–Kier alpha value is -2.83. The Bertz CT molecular complexity index is 722. The Kier molecular flexibility index (Phi) is 5.02. The summed E-state index contributed by atoms with van der Waals surface area (Å²) in [4.78, 5) is 22.4. The van der Waals surface area contributed by atoms with Crippen LogP contribution in [-0.4, -0.2) is 43.7 Å². The molecule has 1 amide bonds. The van der Waals surface area contributed by atoms with E-state index in [4.69, 9.17) is 14.2 Å². The summed E-state index contributed by atoms with van der Waals surface area (Å²) < 4.78 is 16.0. The minimum Gasteiger partial charge on any atom is -0.497 e. The van der Waals surface area contributed by atoms with Gasteiger partial charge in [-0.2, -0.15) is 0 Å². The van der Waals surface area contributed by atoms with Crippen molar-refractivity contribution >= 4 is 11.6 Å². The van der Waals surface area contributed by atoms with Crippen molar-refractivity contribution in [1.82, 2.24) is 9.97 Å². The number of aromatic nitrogens is 2. The van der Waals surface area contributed by atoms with Crippen LogP contribution in [0.3, 0.4) is 0 Å². The number of benzene rings is 1. The third-order valence-electron chi connectivity index (χ3n) is 4.04. The zero-order valence-electron chi connectivity index (χ0n) is 14.6. The number of ether oxygens (including phenoxy) is 3. The fraction of sp³-hybridized carbons (Fsp3) is 0.389. The first-order chi connectivity index (χ1) is 12.1. The van der Waals surface area contributed by atoms with Gasteiger partial charge in [0.2, 0.25) is 5.88 Å². The van der Waals surface area contributed by atoms with E-state index in [0.717, 1.165) is 0 Å². The molecule has 7 nitrogen and oxygen atoms in total. The van der Waals surface area contributed by atoms with Crippen LogP contribution in [-0.2, 0) is 0 Å². The van der Waals surface area contributed by atoms with Gasteiger partial charge in [-0.3, -0.25) is 4.79 Å². The standard InChI is InChI=1S/C18H21N3O4/c1-21(13-6-14(23-2)8-15(7-13)24-3)18(22)16-9-20-17(10-19-16)25-11-12-4-5-12/h6-10,12H,4-5,11H2,1-3H3. The number of carbonyl (C=O) groups excluding carboxylic acids is 1. The van der Waals surface area contributed by atoms with E-state index >= 15 is 0 Å². The lowest BCUT2D eigenvalue weighted by molar-refractivity contribution is 0.0987. The molecule has 1 saturated carbocycles. The fourth-order valence-electron chi connectivity index (χ4n) is 2.26. The highest BCUT2D eigenvalue weighted by Gasteiger charge is 2.22. The van der Waals surface area contributed by atoms with Crippen LogP contribution in [0.1, 0.15) is 23.3 Å². The molecule has 1 aromatic heterocycles. The van der Waals surface area contributed by atoms with Gasteiger partial charge in [0.1, 0.15) is 17.2 Å². The maximum atomic E-state index is 12.6. The minimum atomic E-state index is -0.281. The molecule has 0 spiro atoms. The van der Waals surface area contributed by atoms with E-state index in [1.54, 1.807) is 39.5 Å². The molecule has 132 valence electrons. The number of nitrogens with zero attached hydrogens (tertiary/aromatic N) is 3. The predicted octanol–water partition coefficient (Wildman–Crippen LogP) is 2.56. The molecule has 2 aromatic rings. The Morgan fingerprint density at radius 3 is 2.32 bits per heavy atom. The van der Waals surface area contributed by atoms with Crippen molar-refractivity contribution in [2.75, 3.05) is 32.8 Å². The van der Waals surface area contributed by atoms with Gasteiger partial charge in [0.25, 0.3) is 5.91 Å². The summed E-state index contributed by atoms with van der Waals surface area (Å²) in [6.07, 6.45) is 5.33. The summed E-state index contributed by atoms with van der Waals surface area (Å²) in [6.45, 7) is 0.658. The summed E-state index contributed by atoms with van der Waals surface area (Å²) in [5.74, 6) is 2.00. The Labute approximate surface area is 146 Å². The molecule has 7 heteroatoms. The van der Waals surface area contributed by atoms with Crippen molar-refractivity contribution in [2.24, 2.45) is 5.92 Å². The lowest BCUT2D eigenvalue weighted by atomic mass is 10.2. The number of hydrogen-bond acceptors (Lipinski definition) is 6. The lowest BCUT2D eigenvalue weighted by Crippen LogP contribution is -2.27. The molecular weight excluding hydrogens is 322 g/mol. The quantitative estimate of drug-likeness (QED) is 0.769. The highest BCUT2D eigenvalue weighted by atomic mass is 16.5. The van der Waals surface area contributed by atoms with Crippen molar-refractivity contribution in [3.63, 3.8) is 0 Å². The first-order valence-corrected chi connectivity index (χ1v) is 8.06. The molecule has 0 aliphatic heterocycles. The van der Waals surface area contributed by atoms with Crippen LogP contribution < -0.4 is 19.1 Å². The minimum absolute atomic E-state index is 0.239. The maximum Gasteiger partial charge on any atom is 0.278 e. The molecule has 1 fully saturated rings. The van der Waals surface area contributed by atoms with Crippen molar-refractivity contribution in [3.05, 3.63) is 36.3 Å². The van der Waals surface area contributed by atoms with Gasteiger partial charge < -0.3 is 19.1 Å². The number of anilines is 1. The van der Waals surface area contributed by atoms with Gasteiger partial charge in [0.05, 0.1) is 38.9 Å². The van der Waals surface area contributed by atoms with E-state index in [1.807, 2.05) is 0 Å². The van der Waals surface area contributed by atoms with Crippen LogP contribution in [0.25, 0.3) is 0 Å². The summed E-state index contributed by atoms with van der Waals surface area (Å²) in [5, 5.41) is 0. The van der Waals surface area contributed by atoms with E-state index in [2.05, 4.69) is 9.97 Å². The second-order valence-electron chi connectivity index (χ2n) is 5.93. The Morgan fingerprint density at radius 2 is 1.80 bits per heavy atom. The molecule has 25 heavy (non-hydrogen) atoms. The van der Waals surface area contributed by atoms with Crippen LogP contribution in [0, 0.1) is 5.92 Å². The van der Waals surface area contributed by atoms with Crippen LogP contribution >= 0.6 is 0 Å². The predicted molar refractivity (Wildman–Crippen MR) is 92.5 cm³/mol. The third-order valence-corrected chi connectivity index (χ3v) is 4.04. The van der Waals surface area contributed by atoms with Gasteiger partial charge in [-0.1, -0.05) is 0 Å². The molecule has 1 aliphatic carbocycles. The monoisotopic (exact) mass is 343 g/mol. The van der Waals surface area contributed by atoms with Crippen LogP contribution in [0.2, 0.25) is 0 Å². The number of methoxy groups -OCH3 is 2. The van der Waals surface area contributed by atoms with Crippen LogP contribution in [0.15, 0.2) is 30.6 Å². The van der Waals surface area contributed by atoms with E-state index in [-0.39, 0.29) is 11.6 Å². The fourth-order valence-corrected chi connectivity index (χ4v) is 2.26. The zero-order valence-corrected chi connectivity index (χ0v) is 14.6. The Balaban J connectivity index is 1.72. The highest BCUT2D eigenvalue weighted by Crippen LogP contribution is 2.29. The van der Waals surface area contributed by atoms with Crippen molar-refractivity contribution in [1.29, 1.82) is 0 Å². The zero-order chi connectivity index (χ0) is 17.8. The molecule has 0 atom stereocenters. The van der Waals surface area contributed by atoms with Gasteiger partial charge in [0.15, 0.2) is 0 Å². The number of amides is 1. The first-order valence-electron chi connectivity index (χ1n) is 8.06. The topological polar surface area (TPSA) is 73.8 Å². The van der Waals surface area contributed by atoms with Gasteiger partial charge in [-0.25, -0.2) is 9.97 Å². The van der Waals surface area contributed by atoms with Crippen LogP contribution in [0.4, 0.5) is 5.69 Å². The first kappa shape index (κ1) is 17.0. The molecule has 0 saturated heterocycles. The van der Waals surface area contributed by atoms with Crippen molar-refractivity contribution in [2.45, 2.75) is 12.8 Å². The molecule has 0 radical (unpaired) electrons. The maximum absolute atomic E-state index is 12.6. The lowest BCUT2D eigenvalue weighted by Gasteiger charge is -2.18. The van der Waals surface area contributed by atoms with E-state index in [1.165, 1.54) is 30.1 Å². The number of carbonyl (C=O) groups is 1. The number of hydrogen-bond donors (Lipinski definition) is 0. The average Bonchev–Trinajstić information content (AvgIpc) is 3.49. The van der Waals surface area contributed by atoms with Gasteiger partial charge in [0, 0.05) is 25.2 Å². The molecule has 3 rings (SSSR count). The van der Waals surface area contributed by atoms with Gasteiger partial charge in [-0.15, -0.1) is 0 Å². The molecule has 1 heterocycles. The second-order valence-corrected chi connectivity index (χ2v) is 5.93. The summed E-state index contributed by atoms with van der Waals surface area (Å²) in [7, 11) is 4.79. The SMILES string of the molecule is COc1cc(OC)cc(N(C)C(=O)c2cnc(OCC3CC3)cn2)c1. The summed E-state index contributed by atoms with van der Waals surface area (Å²) in [5.41, 5.74) is 0.875. The van der Waals surface area contributed by atoms with E-state index < -0.39 is 0 Å². The van der Waals surface area contributed by atoms with Gasteiger partial charge in [-0.05, 0) is 18.8 Å². The van der Waals surface area contributed by atoms with E-state index in [0.29, 0.717) is 35.6 Å². The Morgan fingerprint density at radius 1 is 1.12 bits per heavy atom. The molecule has 0 bridgehead atoms. The number of rotatable bonds is 7. The second kappa shape index (κ2) is 7.38. The highest BCUT2D eigenvalue weighted by molar-refractivity contribution is 6.04. The summed E-state index contributed by atoms with van der Waals surface area (Å²) >= 11 is 0. The smallest absolute Gasteiger partial charge is 0.278 e. The molecule has 1 aliphatic rings. The largest absolute Gasteiger partial charge is 0.497 e. The molecule has 0 unspecified atom stereocenters. The molecule has 0 N–H and O–H groups in total. The van der Waals surface area contributed by atoms with Crippen molar-refractivity contribution in [3.8, 4) is 17.4 Å². The van der Waals surface area contributed by atoms with Gasteiger partial charge >= 0.3 is 0 Å². The molecule has 1 aromatic carbocycles. The van der Waals surface area contributed by atoms with Crippen molar-refractivity contribution < 1.29 is 19.0 Å². The molecular formula is C18H21N3O4. The summed E-state index contributed by atoms with van der Waals surface area (Å²) in [6, 6.07) is 5.25.